The summed E-state index contributed by atoms with van der Waals surface area (Å²) in [5.41, 5.74) is 2.84. The lowest BCUT2D eigenvalue weighted by molar-refractivity contribution is -0.0107. The highest BCUT2D eigenvalue weighted by Crippen LogP contribution is 2.35. The third kappa shape index (κ3) is 6.17. The van der Waals surface area contributed by atoms with Gasteiger partial charge >= 0.3 is 0 Å². The number of benzene rings is 2. The van der Waals surface area contributed by atoms with Crippen LogP contribution in [0.5, 0.6) is 17.4 Å². The van der Waals surface area contributed by atoms with Gasteiger partial charge in [-0.1, -0.05) is 24.3 Å². The third-order valence-electron chi connectivity index (χ3n) is 5.89. The lowest BCUT2D eigenvalue weighted by atomic mass is 10.2. The SMILES string of the molecule is COc1cccc(Oc2c(CN(C[C@H](O)COC(C)C)C3CC3)c(C)nn2-c2ccccc2)c1. The van der Waals surface area contributed by atoms with Gasteiger partial charge in [0.25, 0.3) is 0 Å². The van der Waals surface area contributed by atoms with Crippen LogP contribution in [-0.2, 0) is 11.3 Å². The molecule has 0 saturated heterocycles. The molecular formula is C27H35N3O4. The Hall–Kier alpha value is -2.87. The van der Waals surface area contributed by atoms with E-state index in [2.05, 4.69) is 4.90 Å². The summed E-state index contributed by atoms with van der Waals surface area (Å²) < 4.78 is 19.3. The number of aromatic nitrogens is 2. The number of methoxy groups -OCH3 is 1. The maximum Gasteiger partial charge on any atom is 0.227 e. The number of aliphatic hydroxyl groups is 1. The van der Waals surface area contributed by atoms with Gasteiger partial charge in [0.2, 0.25) is 5.88 Å². The van der Waals surface area contributed by atoms with Crippen molar-refractivity contribution in [3.8, 4) is 23.1 Å². The molecule has 1 saturated carbocycles. The van der Waals surface area contributed by atoms with Crippen molar-refractivity contribution in [1.29, 1.82) is 0 Å². The van der Waals surface area contributed by atoms with E-state index >= 15 is 0 Å². The summed E-state index contributed by atoms with van der Waals surface area (Å²) in [6.07, 6.45) is 1.82. The van der Waals surface area contributed by atoms with Crippen LogP contribution in [0.25, 0.3) is 5.69 Å². The fraction of sp³-hybridized carbons (Fsp3) is 0.444. The fourth-order valence-electron chi connectivity index (χ4n) is 3.96. The molecule has 0 bridgehead atoms. The van der Waals surface area contributed by atoms with Crippen molar-refractivity contribution in [1.82, 2.24) is 14.7 Å². The van der Waals surface area contributed by atoms with Crippen molar-refractivity contribution in [2.24, 2.45) is 0 Å². The molecule has 0 aliphatic heterocycles. The van der Waals surface area contributed by atoms with Gasteiger partial charge in [-0.25, -0.2) is 4.68 Å². The van der Waals surface area contributed by atoms with Crippen LogP contribution in [0.1, 0.15) is 37.9 Å². The molecule has 3 aromatic rings. The van der Waals surface area contributed by atoms with Gasteiger partial charge in [0.1, 0.15) is 11.5 Å². The molecule has 1 atom stereocenters. The van der Waals surface area contributed by atoms with Gasteiger partial charge in [0.05, 0.1) is 42.9 Å². The van der Waals surface area contributed by atoms with Gasteiger partial charge in [0.15, 0.2) is 0 Å². The Morgan fingerprint density at radius 2 is 1.82 bits per heavy atom. The second-order valence-corrected chi connectivity index (χ2v) is 9.09. The van der Waals surface area contributed by atoms with E-state index in [4.69, 9.17) is 19.3 Å². The zero-order chi connectivity index (χ0) is 24.1. The van der Waals surface area contributed by atoms with Gasteiger partial charge in [-0.3, -0.25) is 4.90 Å². The number of ether oxygens (including phenoxy) is 3. The molecule has 2 aromatic carbocycles. The Morgan fingerprint density at radius 3 is 2.50 bits per heavy atom. The highest BCUT2D eigenvalue weighted by atomic mass is 16.5. The fourth-order valence-corrected chi connectivity index (χ4v) is 3.96. The van der Waals surface area contributed by atoms with Crippen molar-refractivity contribution in [3.63, 3.8) is 0 Å². The molecule has 7 nitrogen and oxygen atoms in total. The van der Waals surface area contributed by atoms with Gasteiger partial charge in [-0.15, -0.1) is 0 Å². The van der Waals surface area contributed by atoms with Crippen molar-refractivity contribution in [2.75, 3.05) is 20.3 Å². The first-order valence-corrected chi connectivity index (χ1v) is 11.9. The van der Waals surface area contributed by atoms with E-state index < -0.39 is 6.10 Å². The molecule has 0 amide bonds. The number of nitrogens with zero attached hydrogens (tertiary/aromatic N) is 3. The maximum atomic E-state index is 10.6. The van der Waals surface area contributed by atoms with Gasteiger partial charge in [0, 0.05) is 25.2 Å². The van der Waals surface area contributed by atoms with Crippen LogP contribution in [0.4, 0.5) is 0 Å². The minimum atomic E-state index is -0.546. The standard InChI is InChI=1S/C27H35N3O4/c1-19(2)33-18-23(31)16-29(21-13-14-21)17-26-20(3)28-30(22-9-6-5-7-10-22)27(26)34-25-12-8-11-24(15-25)32-4/h5-12,15,19,21,23,31H,13-14,16-18H2,1-4H3/t23-/m0/s1. The molecule has 7 heteroatoms. The van der Waals surface area contributed by atoms with E-state index in [1.165, 1.54) is 0 Å². The number of hydrogen-bond donors (Lipinski definition) is 1. The van der Waals surface area contributed by atoms with Crippen LogP contribution >= 0.6 is 0 Å². The van der Waals surface area contributed by atoms with E-state index in [0.717, 1.165) is 35.5 Å². The molecule has 0 spiro atoms. The molecule has 0 unspecified atom stereocenters. The first-order valence-electron chi connectivity index (χ1n) is 11.9. The average molecular weight is 466 g/mol. The minimum absolute atomic E-state index is 0.0956. The van der Waals surface area contributed by atoms with Crippen LogP contribution in [0.15, 0.2) is 54.6 Å². The largest absolute Gasteiger partial charge is 0.497 e. The molecule has 34 heavy (non-hydrogen) atoms. The molecule has 182 valence electrons. The Morgan fingerprint density at radius 1 is 1.09 bits per heavy atom. The second kappa shape index (κ2) is 11.0. The molecule has 1 aromatic heterocycles. The molecule has 0 radical (unpaired) electrons. The van der Waals surface area contributed by atoms with Crippen LogP contribution in [0.3, 0.4) is 0 Å². The Kier molecular flexibility index (Phi) is 7.88. The number of aryl methyl sites for hydroxylation is 1. The van der Waals surface area contributed by atoms with Crippen molar-refractivity contribution < 1.29 is 19.3 Å². The Balaban J connectivity index is 1.64. The molecule has 1 N–H and O–H groups in total. The van der Waals surface area contributed by atoms with E-state index in [9.17, 15) is 5.11 Å². The van der Waals surface area contributed by atoms with Crippen LogP contribution in [-0.4, -0.2) is 58.3 Å². The summed E-state index contributed by atoms with van der Waals surface area (Å²) in [4.78, 5) is 2.33. The van der Waals surface area contributed by atoms with Crippen LogP contribution < -0.4 is 9.47 Å². The lowest BCUT2D eigenvalue weighted by Crippen LogP contribution is -2.36. The van der Waals surface area contributed by atoms with E-state index in [0.29, 0.717) is 37.4 Å². The monoisotopic (exact) mass is 465 g/mol. The molecular weight excluding hydrogens is 430 g/mol. The highest BCUT2D eigenvalue weighted by Gasteiger charge is 2.32. The van der Waals surface area contributed by atoms with Crippen LogP contribution in [0.2, 0.25) is 0 Å². The molecule has 1 fully saturated rings. The third-order valence-corrected chi connectivity index (χ3v) is 5.89. The first-order chi connectivity index (χ1) is 16.4. The summed E-state index contributed by atoms with van der Waals surface area (Å²) in [7, 11) is 1.64. The van der Waals surface area contributed by atoms with Crippen LogP contribution in [0, 0.1) is 6.92 Å². The maximum absolute atomic E-state index is 10.6. The Bertz CT molecular complexity index is 1060. The molecule has 1 heterocycles. The van der Waals surface area contributed by atoms with Gasteiger partial charge in [-0.2, -0.15) is 5.10 Å². The van der Waals surface area contributed by atoms with E-state index in [-0.39, 0.29) is 6.10 Å². The van der Waals surface area contributed by atoms with Crippen molar-refractivity contribution in [2.45, 2.75) is 58.4 Å². The van der Waals surface area contributed by atoms with Gasteiger partial charge < -0.3 is 19.3 Å². The smallest absolute Gasteiger partial charge is 0.227 e. The average Bonchev–Trinajstić information content (AvgIpc) is 3.64. The summed E-state index contributed by atoms with van der Waals surface area (Å²) >= 11 is 0. The topological polar surface area (TPSA) is 69.0 Å². The van der Waals surface area contributed by atoms with E-state index in [1.54, 1.807) is 7.11 Å². The summed E-state index contributed by atoms with van der Waals surface area (Å²) in [5.74, 6) is 2.09. The normalized spacial score (nSPS) is 14.6. The number of hydrogen-bond acceptors (Lipinski definition) is 6. The zero-order valence-electron chi connectivity index (χ0n) is 20.5. The predicted octanol–water partition coefficient (Wildman–Crippen LogP) is 4.73. The molecule has 1 aliphatic rings. The number of aliphatic hydroxyl groups excluding tert-OH is 1. The highest BCUT2D eigenvalue weighted by molar-refractivity contribution is 5.44. The number of para-hydroxylation sites is 1. The summed E-state index contributed by atoms with van der Waals surface area (Å²) in [6, 6.07) is 18.0. The predicted molar refractivity (Wildman–Crippen MR) is 132 cm³/mol. The van der Waals surface area contributed by atoms with Gasteiger partial charge in [-0.05, 0) is 57.9 Å². The second-order valence-electron chi connectivity index (χ2n) is 9.09. The quantitative estimate of drug-likeness (QED) is 0.417. The Labute approximate surface area is 201 Å². The zero-order valence-corrected chi connectivity index (χ0v) is 20.5. The summed E-state index contributed by atoms with van der Waals surface area (Å²) in [5, 5.41) is 15.4. The molecule has 4 rings (SSSR count). The first kappa shape index (κ1) is 24.3. The van der Waals surface area contributed by atoms with Crippen molar-refractivity contribution >= 4 is 0 Å². The molecule has 1 aliphatic carbocycles. The lowest BCUT2D eigenvalue weighted by Gasteiger charge is -2.25. The number of rotatable bonds is 12. The van der Waals surface area contributed by atoms with Crippen molar-refractivity contribution in [3.05, 3.63) is 65.9 Å². The minimum Gasteiger partial charge on any atom is -0.497 e. The summed E-state index contributed by atoms with van der Waals surface area (Å²) in [6.45, 7) is 7.49. The van der Waals surface area contributed by atoms with E-state index in [1.807, 2.05) is 80.1 Å².